The number of aromatic nitrogens is 1. The molecule has 0 aliphatic heterocycles. The first-order chi connectivity index (χ1) is 14.8. The van der Waals surface area contributed by atoms with Crippen LogP contribution in [-0.4, -0.2) is 53.4 Å². The van der Waals surface area contributed by atoms with Crippen molar-refractivity contribution in [3.05, 3.63) is 36.0 Å². The smallest absolute Gasteiger partial charge is 0.408 e. The largest absolute Gasteiger partial charge is 0.444 e. The molecule has 9 nitrogen and oxygen atoms in total. The molecule has 0 saturated carbocycles. The van der Waals surface area contributed by atoms with E-state index in [9.17, 15) is 14.4 Å². The van der Waals surface area contributed by atoms with E-state index in [1.807, 2.05) is 30.5 Å². The Morgan fingerprint density at radius 1 is 0.906 bits per heavy atom. The van der Waals surface area contributed by atoms with E-state index >= 15 is 0 Å². The second-order valence-electron chi connectivity index (χ2n) is 9.48. The Balaban J connectivity index is 2.01. The first-order valence-electron chi connectivity index (χ1n) is 10.6. The number of ether oxygens (including phenoxy) is 2. The zero-order valence-corrected chi connectivity index (χ0v) is 19.6. The molecule has 0 bridgehead atoms. The van der Waals surface area contributed by atoms with Crippen molar-refractivity contribution >= 4 is 29.0 Å². The Bertz CT molecular complexity index is 940. The van der Waals surface area contributed by atoms with Gasteiger partial charge in [0.15, 0.2) is 0 Å². The number of hydrogen-bond donors (Lipinski definition) is 4. The van der Waals surface area contributed by atoms with Gasteiger partial charge in [0.1, 0.15) is 17.2 Å². The van der Waals surface area contributed by atoms with Crippen LogP contribution in [0.25, 0.3) is 10.9 Å². The van der Waals surface area contributed by atoms with E-state index in [-0.39, 0.29) is 25.4 Å². The van der Waals surface area contributed by atoms with Gasteiger partial charge in [-0.25, -0.2) is 9.59 Å². The van der Waals surface area contributed by atoms with Crippen LogP contribution in [0.15, 0.2) is 30.5 Å². The van der Waals surface area contributed by atoms with E-state index in [4.69, 9.17) is 9.47 Å². The van der Waals surface area contributed by atoms with Crippen LogP contribution >= 0.6 is 0 Å². The molecule has 3 amide bonds. The van der Waals surface area contributed by atoms with E-state index in [1.54, 1.807) is 41.5 Å². The molecule has 0 saturated heterocycles. The average molecular weight is 447 g/mol. The molecule has 0 radical (unpaired) electrons. The summed E-state index contributed by atoms with van der Waals surface area (Å²) in [7, 11) is 0. The molecule has 2 rings (SSSR count). The van der Waals surface area contributed by atoms with Gasteiger partial charge < -0.3 is 30.4 Å². The molecule has 0 unspecified atom stereocenters. The topological polar surface area (TPSA) is 122 Å². The minimum atomic E-state index is -0.856. The van der Waals surface area contributed by atoms with Gasteiger partial charge in [0.05, 0.1) is 0 Å². The Kier molecular flexibility index (Phi) is 8.13. The van der Waals surface area contributed by atoms with Gasteiger partial charge in [-0.15, -0.1) is 0 Å². The number of hydrogen-bond acceptors (Lipinski definition) is 5. The van der Waals surface area contributed by atoms with Gasteiger partial charge in [0, 0.05) is 36.6 Å². The fraction of sp³-hybridized carbons (Fsp3) is 0.522. The van der Waals surface area contributed by atoms with Crippen LogP contribution in [0.2, 0.25) is 0 Å². The molecule has 9 heteroatoms. The fourth-order valence-electron chi connectivity index (χ4n) is 2.97. The average Bonchev–Trinajstić information content (AvgIpc) is 3.04. The van der Waals surface area contributed by atoms with E-state index in [1.165, 1.54) is 0 Å². The highest BCUT2D eigenvalue weighted by Crippen LogP contribution is 2.19. The van der Waals surface area contributed by atoms with Gasteiger partial charge in [0.25, 0.3) is 0 Å². The molecule has 1 atom stereocenters. The van der Waals surface area contributed by atoms with Crippen LogP contribution in [0, 0.1) is 0 Å². The van der Waals surface area contributed by atoms with Gasteiger partial charge >= 0.3 is 12.2 Å². The first-order valence-corrected chi connectivity index (χ1v) is 10.6. The molecule has 0 aliphatic carbocycles. The van der Waals surface area contributed by atoms with E-state index < -0.39 is 29.4 Å². The van der Waals surface area contributed by atoms with E-state index in [2.05, 4.69) is 20.9 Å². The Morgan fingerprint density at radius 2 is 1.50 bits per heavy atom. The third kappa shape index (κ3) is 8.49. The molecule has 0 fully saturated rings. The molecule has 0 aliphatic rings. The SMILES string of the molecule is CC(C)(C)OC(=O)NCCNC(=O)[C@@H](Cc1c[nH]c2ccccc12)NC(=O)OC(C)(C)C. The van der Waals surface area contributed by atoms with Crippen LogP contribution in [0.3, 0.4) is 0 Å². The molecule has 32 heavy (non-hydrogen) atoms. The number of alkyl carbamates (subject to hydrolysis) is 2. The summed E-state index contributed by atoms with van der Waals surface area (Å²) < 4.78 is 10.5. The van der Waals surface area contributed by atoms with Crippen LogP contribution in [0.5, 0.6) is 0 Å². The zero-order valence-electron chi connectivity index (χ0n) is 19.6. The molecule has 2 aromatic rings. The number of H-pyrrole nitrogens is 1. The van der Waals surface area contributed by atoms with Gasteiger partial charge in [-0.05, 0) is 53.2 Å². The number of fused-ring (bicyclic) bond motifs is 1. The number of para-hydroxylation sites is 1. The number of nitrogens with one attached hydrogen (secondary N) is 4. The highest BCUT2D eigenvalue weighted by molar-refractivity contribution is 5.88. The second kappa shape index (κ2) is 10.4. The molecular formula is C23H34N4O5. The lowest BCUT2D eigenvalue weighted by atomic mass is 10.0. The maximum Gasteiger partial charge on any atom is 0.408 e. The lowest BCUT2D eigenvalue weighted by Crippen LogP contribution is -2.50. The van der Waals surface area contributed by atoms with Gasteiger partial charge in [-0.2, -0.15) is 0 Å². The molecule has 4 N–H and O–H groups in total. The summed E-state index contributed by atoms with van der Waals surface area (Å²) in [5.41, 5.74) is 0.544. The predicted octanol–water partition coefficient (Wildman–Crippen LogP) is 3.24. The van der Waals surface area contributed by atoms with Crippen molar-refractivity contribution in [1.29, 1.82) is 0 Å². The Hall–Kier alpha value is -3.23. The summed E-state index contributed by atoms with van der Waals surface area (Å²) in [6.45, 7) is 10.9. The summed E-state index contributed by atoms with van der Waals surface area (Å²) >= 11 is 0. The van der Waals surface area contributed by atoms with Crippen molar-refractivity contribution in [1.82, 2.24) is 20.9 Å². The number of rotatable bonds is 7. The van der Waals surface area contributed by atoms with Crippen LogP contribution in [0.1, 0.15) is 47.1 Å². The van der Waals surface area contributed by atoms with Crippen molar-refractivity contribution in [2.45, 2.75) is 65.2 Å². The normalized spacial score (nSPS) is 12.7. The fourth-order valence-corrected chi connectivity index (χ4v) is 2.97. The summed E-state index contributed by atoms with van der Waals surface area (Å²) in [5, 5.41) is 8.95. The highest BCUT2D eigenvalue weighted by atomic mass is 16.6. The van der Waals surface area contributed by atoms with E-state index in [0.29, 0.717) is 0 Å². The Labute approximate surface area is 188 Å². The van der Waals surface area contributed by atoms with Crippen LogP contribution in [0.4, 0.5) is 9.59 Å². The lowest BCUT2D eigenvalue weighted by Gasteiger charge is -2.23. The van der Waals surface area contributed by atoms with Crippen molar-refractivity contribution < 1.29 is 23.9 Å². The van der Waals surface area contributed by atoms with Gasteiger partial charge in [-0.1, -0.05) is 18.2 Å². The number of benzene rings is 1. The molecule has 176 valence electrons. The maximum atomic E-state index is 12.8. The van der Waals surface area contributed by atoms with Gasteiger partial charge in [0.2, 0.25) is 5.91 Å². The summed E-state index contributed by atoms with van der Waals surface area (Å²) in [5.74, 6) is -0.382. The number of carbonyl (C=O) groups excluding carboxylic acids is 3. The van der Waals surface area contributed by atoms with Crippen LogP contribution in [-0.2, 0) is 20.7 Å². The molecule has 1 aromatic carbocycles. The quantitative estimate of drug-likeness (QED) is 0.487. The zero-order chi connectivity index (χ0) is 23.9. The highest BCUT2D eigenvalue weighted by Gasteiger charge is 2.25. The molecule has 0 spiro atoms. The van der Waals surface area contributed by atoms with Crippen molar-refractivity contribution in [3.63, 3.8) is 0 Å². The summed E-state index contributed by atoms with van der Waals surface area (Å²) in [6.07, 6.45) is 0.860. The standard InChI is InChI=1S/C23H34N4O5/c1-22(2,3)31-20(29)25-12-11-24-19(28)18(27-21(30)32-23(4,5)6)13-15-14-26-17-10-8-7-9-16(15)17/h7-10,14,18,26H,11-13H2,1-6H3,(H,24,28)(H,25,29)(H,27,30)/t18-/m1/s1. The van der Waals surface area contributed by atoms with Crippen molar-refractivity contribution in [2.75, 3.05) is 13.1 Å². The third-order valence-electron chi connectivity index (χ3n) is 4.20. The molecule has 1 aromatic heterocycles. The monoisotopic (exact) mass is 446 g/mol. The minimum absolute atomic E-state index is 0.179. The van der Waals surface area contributed by atoms with Crippen molar-refractivity contribution in [2.24, 2.45) is 0 Å². The van der Waals surface area contributed by atoms with E-state index in [0.717, 1.165) is 16.5 Å². The third-order valence-corrected chi connectivity index (χ3v) is 4.20. The van der Waals surface area contributed by atoms with Crippen LogP contribution < -0.4 is 16.0 Å². The summed E-state index contributed by atoms with van der Waals surface area (Å²) in [4.78, 5) is 40.1. The van der Waals surface area contributed by atoms with Crippen molar-refractivity contribution in [3.8, 4) is 0 Å². The minimum Gasteiger partial charge on any atom is -0.444 e. The maximum absolute atomic E-state index is 12.8. The lowest BCUT2D eigenvalue weighted by molar-refractivity contribution is -0.123. The first kappa shape index (κ1) is 25.0. The molecular weight excluding hydrogens is 412 g/mol. The molecule has 1 heterocycles. The van der Waals surface area contributed by atoms with Gasteiger partial charge in [-0.3, -0.25) is 4.79 Å². The predicted molar refractivity (Wildman–Crippen MR) is 122 cm³/mol. The Morgan fingerprint density at radius 3 is 2.16 bits per heavy atom. The summed E-state index contributed by atoms with van der Waals surface area (Å²) in [6, 6.07) is 6.87. The number of aromatic amines is 1. The second-order valence-corrected chi connectivity index (χ2v) is 9.48. The number of carbonyl (C=O) groups is 3. The number of amides is 3.